The number of ether oxygens (including phenoxy) is 1. The van der Waals surface area contributed by atoms with Crippen molar-refractivity contribution in [3.63, 3.8) is 0 Å². The Bertz CT molecular complexity index is 731. The van der Waals surface area contributed by atoms with E-state index in [-0.39, 0.29) is 6.61 Å². The monoisotopic (exact) mass is 372 g/mol. The number of hydrogen-bond acceptors (Lipinski definition) is 5. The third-order valence-corrected chi connectivity index (χ3v) is 5.31. The Morgan fingerprint density at radius 2 is 2.00 bits per heavy atom. The average Bonchev–Trinajstić information content (AvgIpc) is 2.96. The summed E-state index contributed by atoms with van der Waals surface area (Å²) in [5.74, 6) is 0.969. The van der Waals surface area contributed by atoms with E-state index in [4.69, 9.17) is 4.74 Å². The summed E-state index contributed by atoms with van der Waals surface area (Å²) >= 11 is 0. The van der Waals surface area contributed by atoms with E-state index in [9.17, 15) is 5.11 Å². The van der Waals surface area contributed by atoms with E-state index in [1.54, 1.807) is 0 Å². The van der Waals surface area contributed by atoms with Crippen LogP contribution in [0, 0.1) is 6.92 Å². The molecule has 1 aromatic carbocycles. The Labute approximate surface area is 162 Å². The van der Waals surface area contributed by atoms with Gasteiger partial charge in [-0.15, -0.1) is 0 Å². The molecule has 6 nitrogen and oxygen atoms in total. The van der Waals surface area contributed by atoms with Crippen molar-refractivity contribution in [2.75, 3.05) is 32.8 Å². The van der Waals surface area contributed by atoms with Crippen LogP contribution >= 0.6 is 0 Å². The smallest absolute Gasteiger partial charge is 0.123 e. The van der Waals surface area contributed by atoms with Crippen molar-refractivity contribution >= 4 is 0 Å². The van der Waals surface area contributed by atoms with E-state index in [1.165, 1.54) is 11.1 Å². The molecule has 0 bridgehead atoms. The molecule has 1 N–H and O–H groups in total. The number of aliphatic hydroxyl groups is 1. The van der Waals surface area contributed by atoms with Gasteiger partial charge in [0.15, 0.2) is 0 Å². The third-order valence-electron chi connectivity index (χ3n) is 5.31. The van der Waals surface area contributed by atoms with Gasteiger partial charge in [-0.1, -0.05) is 18.2 Å². The molecule has 148 valence electrons. The molecule has 2 aromatic rings. The van der Waals surface area contributed by atoms with Crippen molar-refractivity contribution in [3.8, 4) is 5.75 Å². The lowest BCUT2D eigenvalue weighted by atomic mass is 10.1. The standard InChI is InChI=1S/C21H32N4O2/c1-4-27-21-8-6-5-7-18(21)15-25-11-10-24(16-20(25)9-12-26)14-19-13-23(3)22-17(19)2/h5-8,13,20,26H,4,9-12,14-16H2,1-3H3. The lowest BCUT2D eigenvalue weighted by Crippen LogP contribution is -2.52. The first-order chi connectivity index (χ1) is 13.1. The summed E-state index contributed by atoms with van der Waals surface area (Å²) in [6, 6.07) is 8.62. The fourth-order valence-corrected chi connectivity index (χ4v) is 3.93. The predicted octanol–water partition coefficient (Wildman–Crippen LogP) is 2.20. The molecule has 3 rings (SSSR count). The minimum atomic E-state index is 0.216. The molecule has 27 heavy (non-hydrogen) atoms. The highest BCUT2D eigenvalue weighted by atomic mass is 16.5. The van der Waals surface area contributed by atoms with E-state index in [2.05, 4.69) is 40.2 Å². The number of nitrogens with zero attached hydrogens (tertiary/aromatic N) is 4. The molecular weight excluding hydrogens is 340 g/mol. The van der Waals surface area contributed by atoms with Crippen molar-refractivity contribution in [2.45, 2.75) is 39.4 Å². The second-order valence-corrected chi connectivity index (χ2v) is 7.33. The molecule has 1 fully saturated rings. The van der Waals surface area contributed by atoms with Gasteiger partial charge in [0.2, 0.25) is 0 Å². The quantitative estimate of drug-likeness (QED) is 0.770. The highest BCUT2D eigenvalue weighted by molar-refractivity contribution is 5.33. The molecule has 6 heteroatoms. The summed E-state index contributed by atoms with van der Waals surface area (Å²) in [6.07, 6.45) is 2.90. The third kappa shape index (κ3) is 5.09. The molecule has 1 atom stereocenters. The Hall–Kier alpha value is -1.89. The van der Waals surface area contributed by atoms with E-state index < -0.39 is 0 Å². The maximum atomic E-state index is 9.58. The number of para-hydroxylation sites is 1. The fraction of sp³-hybridized carbons (Fsp3) is 0.571. The van der Waals surface area contributed by atoms with Crippen molar-refractivity contribution in [3.05, 3.63) is 47.3 Å². The van der Waals surface area contributed by atoms with Gasteiger partial charge in [-0.2, -0.15) is 5.10 Å². The second-order valence-electron chi connectivity index (χ2n) is 7.33. The maximum Gasteiger partial charge on any atom is 0.123 e. The first kappa shape index (κ1) is 19.9. The molecule has 1 saturated heterocycles. The number of benzene rings is 1. The van der Waals surface area contributed by atoms with Crippen LogP contribution in [0.2, 0.25) is 0 Å². The van der Waals surface area contributed by atoms with Crippen LogP contribution in [-0.2, 0) is 20.1 Å². The van der Waals surface area contributed by atoms with E-state index in [0.29, 0.717) is 12.6 Å². The van der Waals surface area contributed by atoms with Crippen LogP contribution < -0.4 is 4.74 Å². The molecule has 0 saturated carbocycles. The normalized spacial score (nSPS) is 18.7. The van der Waals surface area contributed by atoms with Crippen molar-refractivity contribution in [1.82, 2.24) is 19.6 Å². The summed E-state index contributed by atoms with van der Waals surface area (Å²) in [5, 5.41) is 14.0. The fourth-order valence-electron chi connectivity index (χ4n) is 3.93. The summed E-state index contributed by atoms with van der Waals surface area (Å²) in [4.78, 5) is 4.97. The molecule has 1 aromatic heterocycles. The molecule has 0 aliphatic carbocycles. The first-order valence-corrected chi connectivity index (χ1v) is 9.87. The van der Waals surface area contributed by atoms with Gasteiger partial charge in [0.05, 0.1) is 12.3 Å². The molecule has 0 spiro atoms. The van der Waals surface area contributed by atoms with Crippen LogP contribution in [-0.4, -0.2) is 63.6 Å². The Morgan fingerprint density at radius 3 is 2.70 bits per heavy atom. The zero-order chi connectivity index (χ0) is 19.2. The van der Waals surface area contributed by atoms with Crippen LogP contribution in [0.5, 0.6) is 5.75 Å². The van der Waals surface area contributed by atoms with Crippen LogP contribution in [0.15, 0.2) is 30.5 Å². The number of aromatic nitrogens is 2. The second kappa shape index (κ2) is 9.35. The summed E-state index contributed by atoms with van der Waals surface area (Å²) in [6.45, 7) is 9.74. The van der Waals surface area contributed by atoms with Gasteiger partial charge in [-0.25, -0.2) is 0 Å². The minimum absolute atomic E-state index is 0.216. The molecule has 0 radical (unpaired) electrons. The SMILES string of the molecule is CCOc1ccccc1CN1CCN(Cc2cn(C)nc2C)CC1CCO. The Balaban J connectivity index is 1.66. The van der Waals surface area contributed by atoms with Gasteiger partial charge in [0, 0.05) is 69.7 Å². The van der Waals surface area contributed by atoms with Gasteiger partial charge in [0.1, 0.15) is 5.75 Å². The van der Waals surface area contributed by atoms with Crippen LogP contribution in [0.4, 0.5) is 0 Å². The number of piperazine rings is 1. The van der Waals surface area contributed by atoms with Crippen molar-refractivity contribution < 1.29 is 9.84 Å². The number of hydrogen-bond donors (Lipinski definition) is 1. The van der Waals surface area contributed by atoms with Crippen LogP contribution in [0.25, 0.3) is 0 Å². The van der Waals surface area contributed by atoms with Gasteiger partial charge in [0.25, 0.3) is 0 Å². The molecule has 1 aliphatic heterocycles. The maximum absolute atomic E-state index is 9.58. The van der Waals surface area contributed by atoms with E-state index in [1.807, 2.05) is 30.8 Å². The predicted molar refractivity (Wildman–Crippen MR) is 107 cm³/mol. The molecular formula is C21H32N4O2. The number of aryl methyl sites for hydroxylation is 2. The Kier molecular flexibility index (Phi) is 6.88. The van der Waals surface area contributed by atoms with E-state index >= 15 is 0 Å². The molecule has 0 amide bonds. The number of aliphatic hydroxyl groups excluding tert-OH is 1. The Morgan fingerprint density at radius 1 is 1.19 bits per heavy atom. The average molecular weight is 373 g/mol. The van der Waals surface area contributed by atoms with Gasteiger partial charge >= 0.3 is 0 Å². The van der Waals surface area contributed by atoms with Gasteiger partial charge in [-0.3, -0.25) is 14.5 Å². The van der Waals surface area contributed by atoms with Gasteiger partial charge < -0.3 is 9.84 Å². The van der Waals surface area contributed by atoms with Crippen LogP contribution in [0.1, 0.15) is 30.2 Å². The van der Waals surface area contributed by atoms with Gasteiger partial charge in [-0.05, 0) is 26.3 Å². The van der Waals surface area contributed by atoms with Crippen molar-refractivity contribution in [1.29, 1.82) is 0 Å². The molecule has 1 aliphatic rings. The summed E-state index contributed by atoms with van der Waals surface area (Å²) < 4.78 is 7.68. The first-order valence-electron chi connectivity index (χ1n) is 9.87. The topological polar surface area (TPSA) is 53.8 Å². The van der Waals surface area contributed by atoms with E-state index in [0.717, 1.165) is 50.6 Å². The molecule has 1 unspecified atom stereocenters. The minimum Gasteiger partial charge on any atom is -0.494 e. The summed E-state index contributed by atoms with van der Waals surface area (Å²) in [5.41, 5.74) is 3.61. The molecule has 2 heterocycles. The largest absolute Gasteiger partial charge is 0.494 e. The van der Waals surface area contributed by atoms with Crippen molar-refractivity contribution in [2.24, 2.45) is 7.05 Å². The number of rotatable bonds is 8. The zero-order valence-corrected chi connectivity index (χ0v) is 16.8. The lowest BCUT2D eigenvalue weighted by molar-refractivity contribution is 0.0493. The lowest BCUT2D eigenvalue weighted by Gasteiger charge is -2.41. The zero-order valence-electron chi connectivity index (χ0n) is 16.8. The summed E-state index contributed by atoms with van der Waals surface area (Å²) in [7, 11) is 1.97. The highest BCUT2D eigenvalue weighted by Crippen LogP contribution is 2.24. The van der Waals surface area contributed by atoms with Crippen LogP contribution in [0.3, 0.4) is 0 Å². The highest BCUT2D eigenvalue weighted by Gasteiger charge is 2.27.